The maximum atomic E-state index is 13.0. The first-order valence-electron chi connectivity index (χ1n) is 36.4. The molecule has 0 fully saturated rings. The van der Waals surface area contributed by atoms with Crippen LogP contribution in [0.5, 0.6) is 0 Å². The Kier molecular flexibility index (Phi) is 68.6. The minimum atomic E-state index is -0.799. The molecule has 0 aromatic carbocycles. The van der Waals surface area contributed by atoms with E-state index in [4.69, 9.17) is 14.2 Å². The lowest BCUT2D eigenvalue weighted by molar-refractivity contribution is -0.167. The molecule has 0 aromatic heterocycles. The van der Waals surface area contributed by atoms with E-state index < -0.39 is 6.10 Å². The van der Waals surface area contributed by atoms with Crippen LogP contribution in [-0.4, -0.2) is 37.2 Å². The average Bonchev–Trinajstić information content (AvgIpc) is 3.49. The molecular formula is C77H138O6. The van der Waals surface area contributed by atoms with Crippen molar-refractivity contribution >= 4 is 17.9 Å². The van der Waals surface area contributed by atoms with Gasteiger partial charge in [0, 0.05) is 19.3 Å². The Balaban J connectivity index is 4.34. The van der Waals surface area contributed by atoms with Crippen molar-refractivity contribution in [3.63, 3.8) is 0 Å². The monoisotopic (exact) mass is 1160 g/mol. The number of carbonyl (C=O) groups is 3. The van der Waals surface area contributed by atoms with E-state index in [1.54, 1.807) is 0 Å². The summed E-state index contributed by atoms with van der Waals surface area (Å²) in [5.41, 5.74) is 0. The van der Waals surface area contributed by atoms with E-state index in [0.717, 1.165) is 77.0 Å². The van der Waals surface area contributed by atoms with Gasteiger partial charge in [0.15, 0.2) is 6.10 Å². The fraction of sp³-hybridized carbons (Fsp3) is 0.805. The van der Waals surface area contributed by atoms with Gasteiger partial charge in [0.25, 0.3) is 0 Å². The molecule has 0 amide bonds. The highest BCUT2D eigenvalue weighted by atomic mass is 16.6. The van der Waals surface area contributed by atoms with Gasteiger partial charge in [0.2, 0.25) is 0 Å². The van der Waals surface area contributed by atoms with E-state index in [1.165, 1.54) is 257 Å². The van der Waals surface area contributed by atoms with E-state index in [9.17, 15) is 14.4 Å². The molecule has 0 bridgehead atoms. The zero-order valence-electron chi connectivity index (χ0n) is 55.5. The van der Waals surface area contributed by atoms with Crippen LogP contribution in [0.2, 0.25) is 0 Å². The lowest BCUT2D eigenvalue weighted by Gasteiger charge is -2.18. The van der Waals surface area contributed by atoms with Gasteiger partial charge in [0.05, 0.1) is 0 Å². The SMILES string of the molecule is CC/C=C\C/C=C\C/C=C\C/C=C\C/C=C\CCCC(=O)OCC(COC(=O)CCCCCCCCCCCCCCC/C=C\CCCCCCCCCC)OC(=O)CCCCCCCCCCCCCCCCCCCCCCCCC. The fourth-order valence-corrected chi connectivity index (χ4v) is 10.8. The van der Waals surface area contributed by atoms with Gasteiger partial charge in [-0.3, -0.25) is 14.4 Å². The second kappa shape index (κ2) is 71.3. The minimum Gasteiger partial charge on any atom is -0.462 e. The Morgan fingerprint density at radius 2 is 0.482 bits per heavy atom. The topological polar surface area (TPSA) is 78.9 Å². The molecule has 0 spiro atoms. The molecule has 0 radical (unpaired) electrons. The fourth-order valence-electron chi connectivity index (χ4n) is 10.8. The quantitative estimate of drug-likeness (QED) is 0.0261. The van der Waals surface area contributed by atoms with Crippen LogP contribution in [0.15, 0.2) is 72.9 Å². The van der Waals surface area contributed by atoms with Crippen LogP contribution >= 0.6 is 0 Å². The third kappa shape index (κ3) is 69.5. The highest BCUT2D eigenvalue weighted by molar-refractivity contribution is 5.71. The van der Waals surface area contributed by atoms with Crippen molar-refractivity contribution < 1.29 is 28.6 Å². The Labute approximate surface area is 516 Å². The number of hydrogen-bond donors (Lipinski definition) is 0. The molecule has 0 N–H and O–H groups in total. The molecule has 482 valence electrons. The first-order valence-corrected chi connectivity index (χ1v) is 36.4. The van der Waals surface area contributed by atoms with Gasteiger partial charge in [-0.1, -0.05) is 351 Å². The predicted molar refractivity (Wildman–Crippen MR) is 362 cm³/mol. The molecule has 0 aliphatic carbocycles. The van der Waals surface area contributed by atoms with E-state index in [0.29, 0.717) is 19.3 Å². The van der Waals surface area contributed by atoms with Gasteiger partial charge in [-0.15, -0.1) is 0 Å². The molecule has 0 aliphatic heterocycles. The molecule has 1 atom stereocenters. The van der Waals surface area contributed by atoms with Gasteiger partial charge in [-0.05, 0) is 83.5 Å². The number of rotatable bonds is 67. The molecule has 0 aromatic rings. The van der Waals surface area contributed by atoms with Crippen LogP contribution in [-0.2, 0) is 28.6 Å². The molecule has 0 aliphatic rings. The summed E-state index contributed by atoms with van der Waals surface area (Å²) < 4.78 is 17.0. The van der Waals surface area contributed by atoms with Crippen molar-refractivity contribution in [3.8, 4) is 0 Å². The minimum absolute atomic E-state index is 0.0892. The van der Waals surface area contributed by atoms with Gasteiger partial charge < -0.3 is 14.2 Å². The first kappa shape index (κ1) is 79.8. The summed E-state index contributed by atoms with van der Waals surface area (Å²) in [4.78, 5) is 38.5. The van der Waals surface area contributed by atoms with Crippen molar-refractivity contribution in [1.29, 1.82) is 0 Å². The van der Waals surface area contributed by atoms with Crippen LogP contribution in [0.1, 0.15) is 380 Å². The Bertz CT molecular complexity index is 1520. The normalized spacial score (nSPS) is 12.5. The van der Waals surface area contributed by atoms with E-state index in [2.05, 4.69) is 93.7 Å². The maximum absolute atomic E-state index is 13.0. The Morgan fingerprint density at radius 3 is 0.795 bits per heavy atom. The molecule has 0 rings (SSSR count). The maximum Gasteiger partial charge on any atom is 0.306 e. The Hall–Kier alpha value is -3.15. The number of hydrogen-bond acceptors (Lipinski definition) is 6. The van der Waals surface area contributed by atoms with Gasteiger partial charge in [-0.25, -0.2) is 0 Å². The lowest BCUT2D eigenvalue weighted by atomic mass is 10.0. The van der Waals surface area contributed by atoms with Crippen molar-refractivity contribution in [2.75, 3.05) is 13.2 Å². The van der Waals surface area contributed by atoms with Crippen LogP contribution in [0.25, 0.3) is 0 Å². The number of unbranched alkanes of at least 4 members (excludes halogenated alkanes) is 44. The summed E-state index contributed by atoms with van der Waals surface area (Å²) >= 11 is 0. The Morgan fingerprint density at radius 1 is 0.253 bits per heavy atom. The zero-order valence-corrected chi connectivity index (χ0v) is 55.5. The third-order valence-corrected chi connectivity index (χ3v) is 16.2. The average molecular weight is 1160 g/mol. The van der Waals surface area contributed by atoms with E-state index in [-0.39, 0.29) is 37.5 Å². The molecule has 83 heavy (non-hydrogen) atoms. The van der Waals surface area contributed by atoms with Crippen LogP contribution in [0.4, 0.5) is 0 Å². The van der Waals surface area contributed by atoms with Gasteiger partial charge >= 0.3 is 17.9 Å². The standard InChI is InChI=1S/C77H138O6/c1-4-7-10-13-16-19-22-25-28-31-33-35-37-38-40-41-43-46-49-52-55-58-61-64-67-70-76(79)82-73-74(72-81-75(78)69-66-63-60-57-54-51-48-45-30-27-24-21-18-15-12-9-6-3)83-77(80)71-68-65-62-59-56-53-50-47-44-42-39-36-34-32-29-26-23-20-17-14-11-8-5-2/h9,12,18,21,27,30-31,33,48,51,57,60,74H,4-8,10-11,13-17,19-20,22-26,28-29,32,34-47,49-50,52-56,58-59,61-73H2,1-3H3/b12-9-,21-18-,30-27-,33-31-,51-48-,60-57-. The van der Waals surface area contributed by atoms with Crippen molar-refractivity contribution in [1.82, 2.24) is 0 Å². The molecular weight excluding hydrogens is 1020 g/mol. The van der Waals surface area contributed by atoms with Crippen molar-refractivity contribution in [3.05, 3.63) is 72.9 Å². The first-order chi connectivity index (χ1) is 41.0. The summed E-state index contributed by atoms with van der Waals surface area (Å²) in [6.07, 6.45) is 93.8. The molecule has 6 nitrogen and oxygen atoms in total. The smallest absolute Gasteiger partial charge is 0.306 e. The molecule has 6 heteroatoms. The molecule has 0 saturated heterocycles. The van der Waals surface area contributed by atoms with Crippen LogP contribution in [0.3, 0.4) is 0 Å². The molecule has 1 unspecified atom stereocenters. The van der Waals surface area contributed by atoms with E-state index in [1.807, 2.05) is 0 Å². The van der Waals surface area contributed by atoms with Crippen LogP contribution in [0, 0.1) is 0 Å². The number of allylic oxidation sites excluding steroid dienone is 12. The van der Waals surface area contributed by atoms with Crippen LogP contribution < -0.4 is 0 Å². The summed E-state index contributed by atoms with van der Waals surface area (Å²) in [6, 6.07) is 0. The summed E-state index contributed by atoms with van der Waals surface area (Å²) in [5.74, 6) is -0.926. The number of carbonyl (C=O) groups excluding carboxylic acids is 3. The highest BCUT2D eigenvalue weighted by Crippen LogP contribution is 2.18. The summed E-state index contributed by atoms with van der Waals surface area (Å²) in [6.45, 7) is 6.55. The van der Waals surface area contributed by atoms with Gasteiger partial charge in [-0.2, -0.15) is 0 Å². The zero-order chi connectivity index (χ0) is 59.9. The van der Waals surface area contributed by atoms with Gasteiger partial charge in [0.1, 0.15) is 13.2 Å². The molecule has 0 saturated carbocycles. The summed E-state index contributed by atoms with van der Waals surface area (Å²) in [5, 5.41) is 0. The summed E-state index contributed by atoms with van der Waals surface area (Å²) in [7, 11) is 0. The second-order valence-corrected chi connectivity index (χ2v) is 24.5. The van der Waals surface area contributed by atoms with E-state index >= 15 is 0 Å². The van der Waals surface area contributed by atoms with Crippen molar-refractivity contribution in [2.24, 2.45) is 0 Å². The number of esters is 3. The second-order valence-electron chi connectivity index (χ2n) is 24.5. The lowest BCUT2D eigenvalue weighted by Crippen LogP contribution is -2.30. The largest absolute Gasteiger partial charge is 0.462 e. The third-order valence-electron chi connectivity index (χ3n) is 16.2. The molecule has 0 heterocycles. The van der Waals surface area contributed by atoms with Crippen molar-refractivity contribution in [2.45, 2.75) is 386 Å². The number of ether oxygens (including phenoxy) is 3. The highest BCUT2D eigenvalue weighted by Gasteiger charge is 2.19. The predicted octanol–water partition coefficient (Wildman–Crippen LogP) is 25.2.